The summed E-state index contributed by atoms with van der Waals surface area (Å²) in [6, 6.07) is 12.4. The number of rotatable bonds is 6. The normalized spacial score (nSPS) is 10.1. The monoisotopic (exact) mass is 350 g/mol. The molecule has 3 aromatic rings. The topological polar surface area (TPSA) is 85.4 Å². The van der Waals surface area contributed by atoms with E-state index in [0.717, 1.165) is 5.69 Å². The molecule has 2 N–H and O–H groups in total. The third-order valence-electron chi connectivity index (χ3n) is 3.61. The molecule has 0 aliphatic rings. The van der Waals surface area contributed by atoms with Crippen LogP contribution in [-0.4, -0.2) is 30.1 Å². The van der Waals surface area contributed by atoms with E-state index >= 15 is 0 Å². The van der Waals surface area contributed by atoms with Gasteiger partial charge in [0.1, 0.15) is 17.3 Å². The number of carbonyl (C=O) groups is 1. The van der Waals surface area contributed by atoms with Crippen molar-refractivity contribution in [2.45, 2.75) is 0 Å². The Morgan fingerprint density at radius 2 is 1.92 bits per heavy atom. The van der Waals surface area contributed by atoms with E-state index in [4.69, 9.17) is 9.47 Å². The molecule has 2 heterocycles. The number of aromatic nitrogens is 2. The zero-order chi connectivity index (χ0) is 18.4. The first kappa shape index (κ1) is 17.2. The smallest absolute Gasteiger partial charge is 0.257 e. The lowest BCUT2D eigenvalue weighted by Crippen LogP contribution is -2.12. The number of hydrogen-bond acceptors (Lipinski definition) is 6. The van der Waals surface area contributed by atoms with E-state index in [9.17, 15) is 4.79 Å². The van der Waals surface area contributed by atoms with Crippen molar-refractivity contribution in [2.24, 2.45) is 0 Å². The predicted octanol–water partition coefficient (Wildman–Crippen LogP) is 3.49. The zero-order valence-electron chi connectivity index (χ0n) is 14.4. The minimum Gasteiger partial charge on any atom is -0.497 e. The molecule has 0 fully saturated rings. The molecule has 26 heavy (non-hydrogen) atoms. The van der Waals surface area contributed by atoms with Gasteiger partial charge >= 0.3 is 0 Å². The molecule has 0 aliphatic heterocycles. The van der Waals surface area contributed by atoms with Crippen LogP contribution in [0.4, 0.5) is 17.2 Å². The van der Waals surface area contributed by atoms with Crippen LogP contribution in [0.25, 0.3) is 0 Å². The number of pyridine rings is 2. The molecule has 132 valence electrons. The first-order valence-electron chi connectivity index (χ1n) is 7.86. The molecular weight excluding hydrogens is 332 g/mol. The fourth-order valence-electron chi connectivity index (χ4n) is 2.29. The van der Waals surface area contributed by atoms with Crippen molar-refractivity contribution >= 4 is 23.1 Å². The van der Waals surface area contributed by atoms with Crippen LogP contribution < -0.4 is 20.1 Å². The molecule has 0 radical (unpaired) electrons. The van der Waals surface area contributed by atoms with Crippen molar-refractivity contribution in [1.29, 1.82) is 0 Å². The molecule has 0 saturated carbocycles. The van der Waals surface area contributed by atoms with Crippen LogP contribution in [0.5, 0.6) is 11.5 Å². The molecule has 0 bridgehead atoms. The van der Waals surface area contributed by atoms with Gasteiger partial charge in [0.15, 0.2) is 0 Å². The number of nitrogens with zero attached hydrogens (tertiary/aromatic N) is 2. The quantitative estimate of drug-likeness (QED) is 0.708. The fourth-order valence-corrected chi connectivity index (χ4v) is 2.29. The molecule has 0 atom stereocenters. The van der Waals surface area contributed by atoms with Crippen molar-refractivity contribution in [3.05, 3.63) is 66.6 Å². The Balaban J connectivity index is 1.71. The molecule has 2 aromatic heterocycles. The number of amides is 1. The Kier molecular flexibility index (Phi) is 5.28. The van der Waals surface area contributed by atoms with Gasteiger partial charge in [-0.3, -0.25) is 9.78 Å². The Morgan fingerprint density at radius 3 is 2.58 bits per heavy atom. The maximum Gasteiger partial charge on any atom is 0.257 e. The Bertz CT molecular complexity index is 883. The number of methoxy groups -OCH3 is 2. The Labute approximate surface area is 151 Å². The van der Waals surface area contributed by atoms with Crippen molar-refractivity contribution in [3.63, 3.8) is 0 Å². The molecule has 7 heteroatoms. The maximum atomic E-state index is 12.1. The molecule has 0 aliphatic carbocycles. The average Bonchev–Trinajstić information content (AvgIpc) is 2.70. The molecule has 1 aromatic carbocycles. The first-order valence-corrected chi connectivity index (χ1v) is 7.86. The molecule has 3 rings (SSSR count). The number of carbonyl (C=O) groups excluding carboxylic acids is 1. The van der Waals surface area contributed by atoms with E-state index in [-0.39, 0.29) is 5.91 Å². The summed E-state index contributed by atoms with van der Waals surface area (Å²) in [6.45, 7) is 0. The van der Waals surface area contributed by atoms with Gasteiger partial charge in [-0.05, 0) is 36.4 Å². The number of benzene rings is 1. The standard InChI is InChI=1S/C19H18N4O3/c1-25-15-6-7-17(26-2)16(10-15)23-18-8-5-14(12-21-18)22-19(24)13-4-3-9-20-11-13/h3-12H,1-2H3,(H,21,23)(H,22,24). The van der Waals surface area contributed by atoms with Gasteiger partial charge in [0, 0.05) is 18.5 Å². The van der Waals surface area contributed by atoms with Crippen LogP contribution in [0.15, 0.2) is 61.1 Å². The highest BCUT2D eigenvalue weighted by Crippen LogP contribution is 2.31. The summed E-state index contributed by atoms with van der Waals surface area (Å²) >= 11 is 0. The van der Waals surface area contributed by atoms with Gasteiger partial charge in [0.05, 0.1) is 37.4 Å². The fraction of sp³-hybridized carbons (Fsp3) is 0.105. The molecular formula is C19H18N4O3. The third-order valence-corrected chi connectivity index (χ3v) is 3.61. The van der Waals surface area contributed by atoms with Gasteiger partial charge in [-0.25, -0.2) is 4.98 Å². The van der Waals surface area contributed by atoms with E-state index in [1.165, 1.54) is 6.20 Å². The predicted molar refractivity (Wildman–Crippen MR) is 99.3 cm³/mol. The largest absolute Gasteiger partial charge is 0.497 e. The lowest BCUT2D eigenvalue weighted by atomic mass is 10.2. The molecule has 0 spiro atoms. The second-order valence-electron chi connectivity index (χ2n) is 5.32. The van der Waals surface area contributed by atoms with E-state index in [1.807, 2.05) is 18.2 Å². The number of anilines is 3. The van der Waals surface area contributed by atoms with Crippen molar-refractivity contribution in [3.8, 4) is 11.5 Å². The van der Waals surface area contributed by atoms with Crippen LogP contribution in [0.2, 0.25) is 0 Å². The minimum absolute atomic E-state index is 0.241. The van der Waals surface area contributed by atoms with Crippen molar-refractivity contribution < 1.29 is 14.3 Å². The van der Waals surface area contributed by atoms with Crippen molar-refractivity contribution in [2.75, 3.05) is 24.9 Å². The highest BCUT2D eigenvalue weighted by Gasteiger charge is 2.08. The lowest BCUT2D eigenvalue weighted by Gasteiger charge is -2.12. The zero-order valence-corrected chi connectivity index (χ0v) is 14.4. The van der Waals surface area contributed by atoms with Crippen LogP contribution in [0, 0.1) is 0 Å². The number of ether oxygens (including phenoxy) is 2. The van der Waals surface area contributed by atoms with Crippen molar-refractivity contribution in [1.82, 2.24) is 9.97 Å². The van der Waals surface area contributed by atoms with Gasteiger partial charge in [0.2, 0.25) is 0 Å². The van der Waals surface area contributed by atoms with E-state index in [0.29, 0.717) is 28.6 Å². The summed E-state index contributed by atoms with van der Waals surface area (Å²) in [5, 5.41) is 5.95. The summed E-state index contributed by atoms with van der Waals surface area (Å²) in [6.07, 6.45) is 4.70. The molecule has 0 saturated heterocycles. The van der Waals surface area contributed by atoms with E-state index in [1.54, 1.807) is 50.9 Å². The first-order chi connectivity index (χ1) is 12.7. The number of nitrogens with one attached hydrogen (secondary N) is 2. The highest BCUT2D eigenvalue weighted by molar-refractivity contribution is 6.03. The Hall–Kier alpha value is -3.61. The van der Waals surface area contributed by atoms with Gasteiger partial charge in [0.25, 0.3) is 5.91 Å². The molecule has 1 amide bonds. The summed E-state index contributed by atoms with van der Waals surface area (Å²) in [5.41, 5.74) is 1.80. The van der Waals surface area contributed by atoms with Gasteiger partial charge < -0.3 is 20.1 Å². The highest BCUT2D eigenvalue weighted by atomic mass is 16.5. The van der Waals surface area contributed by atoms with Crippen LogP contribution in [0.1, 0.15) is 10.4 Å². The van der Waals surface area contributed by atoms with Crippen LogP contribution >= 0.6 is 0 Å². The van der Waals surface area contributed by atoms with Gasteiger partial charge in [-0.1, -0.05) is 0 Å². The summed E-state index contributed by atoms with van der Waals surface area (Å²) < 4.78 is 10.6. The van der Waals surface area contributed by atoms with E-state index in [2.05, 4.69) is 20.6 Å². The lowest BCUT2D eigenvalue weighted by molar-refractivity contribution is 0.102. The summed E-state index contributed by atoms with van der Waals surface area (Å²) in [7, 11) is 3.20. The SMILES string of the molecule is COc1ccc(OC)c(Nc2ccc(NC(=O)c3cccnc3)cn2)c1. The summed E-state index contributed by atoms with van der Waals surface area (Å²) in [4.78, 5) is 20.4. The number of hydrogen-bond donors (Lipinski definition) is 2. The Morgan fingerprint density at radius 1 is 1.04 bits per heavy atom. The second-order valence-corrected chi connectivity index (χ2v) is 5.32. The average molecular weight is 350 g/mol. The van der Waals surface area contributed by atoms with Crippen LogP contribution in [0.3, 0.4) is 0 Å². The molecule has 7 nitrogen and oxygen atoms in total. The van der Waals surface area contributed by atoms with E-state index < -0.39 is 0 Å². The van der Waals surface area contributed by atoms with Gasteiger partial charge in [-0.2, -0.15) is 0 Å². The third kappa shape index (κ3) is 4.07. The minimum atomic E-state index is -0.241. The summed E-state index contributed by atoms with van der Waals surface area (Å²) in [5.74, 6) is 1.74. The molecule has 0 unspecified atom stereocenters. The van der Waals surface area contributed by atoms with Crippen LogP contribution in [-0.2, 0) is 0 Å². The maximum absolute atomic E-state index is 12.1. The second kappa shape index (κ2) is 7.98. The van der Waals surface area contributed by atoms with Gasteiger partial charge in [-0.15, -0.1) is 0 Å².